The molecule has 2 saturated heterocycles. The van der Waals surface area contributed by atoms with Crippen molar-refractivity contribution in [3.8, 4) is 0 Å². The summed E-state index contributed by atoms with van der Waals surface area (Å²) < 4.78 is 9.15. The maximum Gasteiger partial charge on any atom is 2.00 e. The molecule has 17 N–H and O–H groups in total. The SMILES string of the molecule is NC1(N)OC(=O)C2(CCC2)C(=O)O1.NC[C@@H]1CCCN1.O=C(O)C1(C(=O)O)CCC1.O=C(O)CC(=O)O.[Cl][Pt+2][Cl].[NH-]C1CCCC[C@@H]1[NH-].[NH2-].[NH2-].[Pt+2].[Pt+2]. The molecule has 20 nitrogen and oxygen atoms in total. The van der Waals surface area contributed by atoms with Crippen molar-refractivity contribution in [1.29, 1.82) is 0 Å². The topological polar surface area (TPSA) is 406 Å². The Morgan fingerprint density at radius 3 is 1.31 bits per heavy atom. The molecular formula is C27H50Cl2N8O12Pt3+2. The number of halogens is 2. The minimum atomic E-state index is -2.09. The van der Waals surface area contributed by atoms with Gasteiger partial charge in [0.25, 0.3) is 0 Å². The van der Waals surface area contributed by atoms with E-state index in [0.29, 0.717) is 25.3 Å². The molecule has 2 heterocycles. The molecule has 3 atom stereocenters. The molecule has 0 radical (unpaired) electrons. The van der Waals surface area contributed by atoms with E-state index in [0.717, 1.165) is 25.8 Å². The number of hydrogen-bond acceptors (Lipinski definition) is 12. The second kappa shape index (κ2) is 30.4. The molecule has 0 bridgehead atoms. The number of carbonyl (C=O) groups is 6. The summed E-state index contributed by atoms with van der Waals surface area (Å²) in [6.45, 7) is 1.97. The third-order valence-electron chi connectivity index (χ3n) is 8.03. The molecule has 1 unspecified atom stereocenters. The van der Waals surface area contributed by atoms with Crippen molar-refractivity contribution < 1.29 is 117 Å². The van der Waals surface area contributed by atoms with Crippen molar-refractivity contribution in [3.05, 3.63) is 23.8 Å². The van der Waals surface area contributed by atoms with E-state index in [1.165, 1.54) is 32.2 Å². The van der Waals surface area contributed by atoms with Gasteiger partial charge in [-0.1, -0.05) is 25.7 Å². The van der Waals surface area contributed by atoms with E-state index >= 15 is 0 Å². The average molecular weight is 1330 g/mol. The number of ether oxygens (including phenoxy) is 2. The van der Waals surface area contributed by atoms with Gasteiger partial charge in [0, 0.05) is 12.6 Å². The molecule has 0 aromatic heterocycles. The van der Waals surface area contributed by atoms with E-state index < -0.39 is 75.6 Å². The summed E-state index contributed by atoms with van der Waals surface area (Å²) in [4.78, 5) is 62.3. The first kappa shape index (κ1) is 60.4. The number of nitrogens with two attached hydrogens (primary N) is 5. The molecule has 52 heavy (non-hydrogen) atoms. The molecule has 0 amide bonds. The van der Waals surface area contributed by atoms with E-state index in [9.17, 15) is 28.8 Å². The Bertz CT molecular complexity index is 1030. The monoisotopic (exact) mass is 1330 g/mol. The van der Waals surface area contributed by atoms with Crippen LogP contribution in [0, 0.1) is 10.8 Å². The van der Waals surface area contributed by atoms with Gasteiger partial charge < -0.3 is 64.7 Å². The first-order valence-corrected chi connectivity index (χ1v) is 20.6. The van der Waals surface area contributed by atoms with Crippen LogP contribution in [0.3, 0.4) is 0 Å². The number of carboxylic acid groups (broad SMARTS) is 4. The summed E-state index contributed by atoms with van der Waals surface area (Å²) in [5, 5.41) is 35.6. The quantitative estimate of drug-likeness (QED) is 0.111. The van der Waals surface area contributed by atoms with Crippen molar-refractivity contribution in [2.24, 2.45) is 28.0 Å². The van der Waals surface area contributed by atoms with Crippen molar-refractivity contribution in [1.82, 2.24) is 5.32 Å². The zero-order valence-electron chi connectivity index (χ0n) is 28.0. The number of rotatable bonds is 5. The van der Waals surface area contributed by atoms with Crippen molar-refractivity contribution in [2.75, 3.05) is 13.1 Å². The molecule has 3 aliphatic carbocycles. The van der Waals surface area contributed by atoms with Crippen LogP contribution in [0.15, 0.2) is 0 Å². The van der Waals surface area contributed by atoms with Crippen molar-refractivity contribution >= 4 is 54.7 Å². The average Bonchev–Trinajstić information content (AvgIpc) is 3.43. The summed E-state index contributed by atoms with van der Waals surface area (Å²) in [5.41, 5.74) is 27.7. The molecule has 312 valence electrons. The predicted octanol–water partition coefficient (Wildman–Crippen LogP) is 3.56. The van der Waals surface area contributed by atoms with Crippen LogP contribution < -0.4 is 22.5 Å². The van der Waals surface area contributed by atoms with Gasteiger partial charge in [0.05, 0.1) is 0 Å². The normalized spacial score (nSPS) is 23.2. The number of esters is 2. The Morgan fingerprint density at radius 2 is 1.15 bits per heavy atom. The molecular weight excluding hydrogens is 1280 g/mol. The largest absolute Gasteiger partial charge is 2.00 e. The van der Waals surface area contributed by atoms with Gasteiger partial charge in [-0.3, -0.25) is 28.8 Å². The van der Waals surface area contributed by atoms with E-state index in [2.05, 4.69) is 14.8 Å². The second-order valence-electron chi connectivity index (χ2n) is 11.5. The maximum atomic E-state index is 11.3. The molecule has 25 heteroatoms. The minimum Gasteiger partial charge on any atom is -0.693 e. The number of carboxylic acids is 4. The molecule has 5 rings (SSSR count). The molecule has 2 aliphatic heterocycles. The van der Waals surface area contributed by atoms with Crippen LogP contribution in [0.4, 0.5) is 0 Å². The Labute approximate surface area is 347 Å². The van der Waals surface area contributed by atoms with Gasteiger partial charge in [0.1, 0.15) is 6.42 Å². The first-order valence-electron chi connectivity index (χ1n) is 15.0. The first-order chi connectivity index (χ1) is 22.3. The van der Waals surface area contributed by atoms with Crippen LogP contribution in [0.2, 0.25) is 0 Å². The fraction of sp³-hybridized carbons (Fsp3) is 0.778. The van der Waals surface area contributed by atoms with Gasteiger partial charge in [-0.05, 0) is 57.9 Å². The van der Waals surface area contributed by atoms with E-state index in [1.54, 1.807) is 0 Å². The Kier molecular flexibility index (Phi) is 35.3. The summed E-state index contributed by atoms with van der Waals surface area (Å²) >= 11 is -0.472. The van der Waals surface area contributed by atoms with Gasteiger partial charge in [0.2, 0.25) is 0 Å². The smallest absolute Gasteiger partial charge is 0.693 e. The Balaban J connectivity index is -0.000000174. The Hall–Kier alpha value is -0.855. The summed E-state index contributed by atoms with van der Waals surface area (Å²) in [5.74, 6) is -6.36. The number of cyclic esters (lactones) is 2. The standard InChI is InChI=1S/C7H10N2O4.C6H12N2.C6H8O4.C5H12N2.C3H4O4.2ClH.2H2N.3Pt/c8-7(9)12-4(10)6(2-1-3-6)5(11)13-7;7-5-3-1-2-4-6(5)8;7-4(8)6(5(9)10)2-1-3-6;6-4-5-2-1-3-7-5;4-2(5)1-3(6)7;;;;;;;/h1-3,8-9H2;5-8H,1-4H2;1-3H2,(H,7,8)(H,9,10);5,7H,1-4,6H2;1H2,(H,4,5)(H,6,7);2*1H;2*1H2;;;/q;-2;;;;;;2*-1;2*+2;+4/p-2/t;5-,6?;;5-;;;;;;;;/m.0.0......../s1. The van der Waals surface area contributed by atoms with Crippen LogP contribution in [0.5, 0.6) is 0 Å². The van der Waals surface area contributed by atoms with Gasteiger partial charge in [-0.2, -0.15) is 12.1 Å². The fourth-order valence-electron chi connectivity index (χ4n) is 4.80. The van der Waals surface area contributed by atoms with Crippen molar-refractivity contribution in [2.45, 2.75) is 108 Å². The number of nitrogens with one attached hydrogen (secondary N) is 3. The van der Waals surface area contributed by atoms with Crippen LogP contribution in [-0.4, -0.2) is 93.5 Å². The second-order valence-corrected chi connectivity index (χ2v) is 14.8. The third-order valence-corrected chi connectivity index (χ3v) is 8.03. The summed E-state index contributed by atoms with van der Waals surface area (Å²) in [7, 11) is 9.75. The van der Waals surface area contributed by atoms with Gasteiger partial charge in [0.15, 0.2) is 10.8 Å². The number of aliphatic carboxylic acids is 4. The predicted molar refractivity (Wildman–Crippen MR) is 178 cm³/mol. The van der Waals surface area contributed by atoms with Crippen molar-refractivity contribution in [3.63, 3.8) is 0 Å². The van der Waals surface area contributed by atoms with Gasteiger partial charge in [-0.15, -0.1) is 0 Å². The fourth-order valence-corrected chi connectivity index (χ4v) is 4.80. The van der Waals surface area contributed by atoms with E-state index in [4.69, 9.17) is 67.9 Å². The molecule has 1 spiro atoms. The van der Waals surface area contributed by atoms with Crippen LogP contribution in [-0.2, 0) is 96.9 Å². The molecule has 0 aromatic rings. The summed E-state index contributed by atoms with van der Waals surface area (Å²) in [6, 6.07) is -1.62. The van der Waals surface area contributed by atoms with E-state index in [-0.39, 0.29) is 79.4 Å². The van der Waals surface area contributed by atoms with Crippen LogP contribution in [0.25, 0.3) is 23.8 Å². The molecule has 5 fully saturated rings. The van der Waals surface area contributed by atoms with E-state index in [1.807, 2.05) is 0 Å². The Morgan fingerprint density at radius 1 is 0.769 bits per heavy atom. The summed E-state index contributed by atoms with van der Waals surface area (Å²) in [6.07, 6.45) is 9.01. The van der Waals surface area contributed by atoms with Crippen LogP contribution >= 0.6 is 18.8 Å². The van der Waals surface area contributed by atoms with Crippen LogP contribution in [0.1, 0.15) is 83.5 Å². The minimum absolute atomic E-state index is 0. The number of hydrogen-bond donors (Lipinski definition) is 8. The maximum absolute atomic E-state index is 11.3. The van der Waals surface area contributed by atoms with Gasteiger partial charge in [-0.25, -0.2) is 11.5 Å². The number of carbonyl (C=O) groups excluding carboxylic acids is 2. The molecule has 5 aliphatic rings. The zero-order valence-corrected chi connectivity index (χ0v) is 36.3. The zero-order chi connectivity index (χ0) is 37.1. The van der Waals surface area contributed by atoms with Gasteiger partial charge >= 0.3 is 119 Å². The third kappa shape index (κ3) is 21.3. The molecule has 3 saturated carbocycles. The molecule has 0 aromatic carbocycles.